The van der Waals surface area contributed by atoms with Gasteiger partial charge in [-0.25, -0.2) is 19.8 Å². The van der Waals surface area contributed by atoms with Gasteiger partial charge in [-0.3, -0.25) is 0 Å². The Morgan fingerprint density at radius 3 is 2.33 bits per heavy atom. The maximum atomic E-state index is 12.9. The highest BCUT2D eigenvalue weighted by molar-refractivity contribution is 5.83. The van der Waals surface area contributed by atoms with Crippen molar-refractivity contribution < 1.29 is 14.2 Å². The highest BCUT2D eigenvalue weighted by Crippen LogP contribution is 2.27. The second-order valence-electron chi connectivity index (χ2n) is 9.72. The van der Waals surface area contributed by atoms with Gasteiger partial charge in [-0.05, 0) is 71.0 Å². The SMILES string of the molecule is C1COCCN1.CC(C)Cc1cc(Nc2ccc(-c3cccc(O)c3)cc2)ccc1/C=N/Nc1ncc(F)cn1. The van der Waals surface area contributed by atoms with E-state index in [-0.39, 0.29) is 11.7 Å². The molecule has 0 radical (unpaired) electrons. The number of halogens is 1. The minimum atomic E-state index is -0.495. The highest BCUT2D eigenvalue weighted by Gasteiger charge is 2.07. The van der Waals surface area contributed by atoms with Crippen molar-refractivity contribution in [2.24, 2.45) is 11.0 Å². The van der Waals surface area contributed by atoms with Crippen molar-refractivity contribution in [3.05, 3.63) is 96.1 Å². The number of phenolic OH excluding ortho intramolecular Hbond substituents is 1. The number of rotatable bonds is 8. The first-order valence-electron chi connectivity index (χ1n) is 13.3. The maximum absolute atomic E-state index is 12.9. The molecular weight excluding hydrogens is 507 g/mol. The number of nitrogens with zero attached hydrogens (tertiary/aromatic N) is 3. The molecule has 8 nitrogen and oxygen atoms in total. The van der Waals surface area contributed by atoms with Crippen LogP contribution in [-0.2, 0) is 11.2 Å². The normalized spacial score (nSPS) is 13.1. The number of morpholine rings is 1. The van der Waals surface area contributed by atoms with E-state index in [2.05, 4.69) is 51.0 Å². The van der Waals surface area contributed by atoms with Crippen molar-refractivity contribution in [1.29, 1.82) is 0 Å². The van der Waals surface area contributed by atoms with Crippen LogP contribution in [0.5, 0.6) is 5.75 Å². The lowest BCUT2D eigenvalue weighted by Gasteiger charge is -2.13. The number of hydrazone groups is 1. The summed E-state index contributed by atoms with van der Waals surface area (Å²) in [4.78, 5) is 7.68. The Labute approximate surface area is 234 Å². The van der Waals surface area contributed by atoms with Crippen LogP contribution in [0.25, 0.3) is 11.1 Å². The zero-order chi connectivity index (χ0) is 28.2. The lowest BCUT2D eigenvalue weighted by Crippen LogP contribution is -2.30. The van der Waals surface area contributed by atoms with E-state index in [1.807, 2.05) is 48.5 Å². The van der Waals surface area contributed by atoms with Crippen LogP contribution in [0.3, 0.4) is 0 Å². The number of phenols is 1. The standard InChI is InChI=1S/C27H26FN5O.C4H9NO/c1-18(2)12-22-13-25(11-8-21(22)15-31-33-27-29-16-23(28)17-30-27)32-24-9-6-19(7-10-24)20-4-3-5-26(34)14-20;1-3-6-4-2-5-1/h3-11,13-18,32,34H,12H2,1-2H3,(H,29,30,33);5H,1-4H2/b31-15+;. The highest BCUT2D eigenvalue weighted by atomic mass is 19.1. The third-order valence-corrected chi connectivity index (χ3v) is 5.96. The van der Waals surface area contributed by atoms with Crippen molar-refractivity contribution in [3.8, 4) is 16.9 Å². The van der Waals surface area contributed by atoms with Gasteiger partial charge in [-0.15, -0.1) is 0 Å². The minimum absolute atomic E-state index is 0.232. The summed E-state index contributed by atoms with van der Waals surface area (Å²) in [5, 5.41) is 20.5. The van der Waals surface area contributed by atoms with Crippen LogP contribution in [-0.4, -0.2) is 47.6 Å². The predicted molar refractivity (Wildman–Crippen MR) is 159 cm³/mol. The van der Waals surface area contributed by atoms with Crippen LogP contribution in [0.4, 0.5) is 21.7 Å². The summed E-state index contributed by atoms with van der Waals surface area (Å²) < 4.78 is 18.0. The number of ether oxygens (including phenoxy) is 1. The minimum Gasteiger partial charge on any atom is -0.508 e. The topological polar surface area (TPSA) is 104 Å². The van der Waals surface area contributed by atoms with Crippen LogP contribution < -0.4 is 16.1 Å². The van der Waals surface area contributed by atoms with Crippen molar-refractivity contribution in [2.45, 2.75) is 20.3 Å². The van der Waals surface area contributed by atoms with Crippen molar-refractivity contribution in [1.82, 2.24) is 15.3 Å². The number of nitrogens with one attached hydrogen (secondary N) is 3. The first kappa shape index (κ1) is 28.7. The molecule has 208 valence electrons. The van der Waals surface area contributed by atoms with Crippen LogP contribution >= 0.6 is 0 Å². The lowest BCUT2D eigenvalue weighted by molar-refractivity contribution is 0.109. The van der Waals surface area contributed by atoms with Crippen LogP contribution in [0.15, 0.2) is 84.2 Å². The number of anilines is 3. The summed E-state index contributed by atoms with van der Waals surface area (Å²) in [5.74, 6) is 0.458. The van der Waals surface area contributed by atoms with Gasteiger partial charge in [0.05, 0.1) is 31.8 Å². The molecule has 0 bridgehead atoms. The summed E-state index contributed by atoms with van der Waals surface area (Å²) in [5.41, 5.74) is 8.81. The molecular formula is C31H35FN6O2. The molecule has 5 rings (SSSR count). The smallest absolute Gasteiger partial charge is 0.243 e. The fourth-order valence-corrected chi connectivity index (χ4v) is 4.07. The van der Waals surface area contributed by atoms with Gasteiger partial charge in [-0.2, -0.15) is 5.10 Å². The third-order valence-electron chi connectivity index (χ3n) is 5.96. The second-order valence-corrected chi connectivity index (χ2v) is 9.72. The molecule has 1 aliphatic heterocycles. The molecule has 0 spiro atoms. The Kier molecular flexibility index (Phi) is 10.5. The van der Waals surface area contributed by atoms with E-state index in [9.17, 15) is 9.50 Å². The van der Waals surface area contributed by atoms with Crippen molar-refractivity contribution in [3.63, 3.8) is 0 Å². The van der Waals surface area contributed by atoms with Crippen LogP contribution in [0.1, 0.15) is 25.0 Å². The molecule has 0 saturated carbocycles. The Hall–Kier alpha value is -4.34. The molecule has 1 aliphatic rings. The number of aromatic hydroxyl groups is 1. The van der Waals surface area contributed by atoms with Crippen molar-refractivity contribution >= 4 is 23.5 Å². The first-order chi connectivity index (χ1) is 19.5. The molecule has 2 heterocycles. The van der Waals surface area contributed by atoms with Gasteiger partial charge in [0.2, 0.25) is 5.95 Å². The Bertz CT molecular complexity index is 1360. The van der Waals surface area contributed by atoms with E-state index in [4.69, 9.17) is 4.74 Å². The molecule has 4 aromatic rings. The van der Waals surface area contributed by atoms with E-state index < -0.39 is 5.82 Å². The number of benzene rings is 3. The monoisotopic (exact) mass is 542 g/mol. The Balaban J connectivity index is 0.000000546. The fourth-order valence-electron chi connectivity index (χ4n) is 4.07. The van der Waals surface area contributed by atoms with Gasteiger partial charge in [0, 0.05) is 24.5 Å². The van der Waals surface area contributed by atoms with E-state index in [1.165, 1.54) is 0 Å². The van der Waals surface area contributed by atoms with Crippen molar-refractivity contribution in [2.75, 3.05) is 37.0 Å². The van der Waals surface area contributed by atoms with Gasteiger partial charge in [-0.1, -0.05) is 44.2 Å². The van der Waals surface area contributed by atoms with E-state index >= 15 is 0 Å². The maximum Gasteiger partial charge on any atom is 0.243 e. The molecule has 40 heavy (non-hydrogen) atoms. The quantitative estimate of drug-likeness (QED) is 0.160. The van der Waals surface area contributed by atoms with Crippen LogP contribution in [0, 0.1) is 11.7 Å². The second kappa shape index (κ2) is 14.7. The summed E-state index contributed by atoms with van der Waals surface area (Å²) in [6.45, 7) is 8.18. The first-order valence-corrected chi connectivity index (χ1v) is 13.3. The molecule has 1 fully saturated rings. The fraction of sp³-hybridized carbons (Fsp3) is 0.258. The Morgan fingerprint density at radius 2 is 1.70 bits per heavy atom. The van der Waals surface area contributed by atoms with Crippen LogP contribution in [0.2, 0.25) is 0 Å². The molecule has 0 atom stereocenters. The number of hydrogen-bond donors (Lipinski definition) is 4. The number of aromatic nitrogens is 2. The largest absolute Gasteiger partial charge is 0.508 e. The zero-order valence-corrected chi connectivity index (χ0v) is 22.8. The molecule has 1 aromatic heterocycles. The average molecular weight is 543 g/mol. The Morgan fingerprint density at radius 1 is 0.975 bits per heavy atom. The molecule has 1 saturated heterocycles. The molecule has 0 unspecified atom stereocenters. The van der Waals surface area contributed by atoms with Gasteiger partial charge >= 0.3 is 0 Å². The molecule has 0 aliphatic carbocycles. The molecule has 3 aromatic carbocycles. The van der Waals surface area contributed by atoms with E-state index in [0.29, 0.717) is 5.92 Å². The average Bonchev–Trinajstić information content (AvgIpc) is 2.97. The summed E-state index contributed by atoms with van der Waals surface area (Å²) >= 11 is 0. The zero-order valence-electron chi connectivity index (χ0n) is 22.8. The number of hydrogen-bond acceptors (Lipinski definition) is 8. The summed E-state index contributed by atoms with van der Waals surface area (Å²) in [7, 11) is 0. The van der Waals surface area contributed by atoms with Gasteiger partial charge in [0.15, 0.2) is 5.82 Å². The van der Waals surface area contributed by atoms with E-state index in [0.717, 1.165) is 78.7 Å². The third kappa shape index (κ3) is 9.14. The van der Waals surface area contributed by atoms with Gasteiger partial charge in [0.25, 0.3) is 0 Å². The van der Waals surface area contributed by atoms with E-state index in [1.54, 1.807) is 18.3 Å². The van der Waals surface area contributed by atoms with Gasteiger partial charge in [0.1, 0.15) is 5.75 Å². The molecule has 4 N–H and O–H groups in total. The predicted octanol–water partition coefficient (Wildman–Crippen LogP) is 5.98. The van der Waals surface area contributed by atoms with Gasteiger partial charge < -0.3 is 20.5 Å². The molecule has 0 amide bonds. The lowest BCUT2D eigenvalue weighted by atomic mass is 9.97. The summed E-state index contributed by atoms with van der Waals surface area (Å²) in [6, 6.07) is 21.4. The molecule has 9 heteroatoms. The summed E-state index contributed by atoms with van der Waals surface area (Å²) in [6.07, 6.45) is 4.79.